The van der Waals surface area contributed by atoms with E-state index in [4.69, 9.17) is 5.73 Å². The van der Waals surface area contributed by atoms with Crippen LogP contribution in [0.15, 0.2) is 24.3 Å². The van der Waals surface area contributed by atoms with E-state index in [1.165, 1.54) is 22.5 Å². The van der Waals surface area contributed by atoms with Gasteiger partial charge in [0.2, 0.25) is 11.0 Å². The van der Waals surface area contributed by atoms with Crippen molar-refractivity contribution in [3.05, 3.63) is 40.4 Å². The average Bonchev–Trinajstić information content (AvgIpc) is 2.99. The number of rotatable bonds is 5. The predicted octanol–water partition coefficient (Wildman–Crippen LogP) is 1.23. The van der Waals surface area contributed by atoms with Gasteiger partial charge in [0.15, 0.2) is 0 Å². The highest BCUT2D eigenvalue weighted by Crippen LogP contribution is 2.20. The highest BCUT2D eigenvalue weighted by atomic mass is 32.1. The number of aromatic nitrogens is 2. The number of carbonyl (C=O) groups excluding carboxylic acids is 1. The van der Waals surface area contributed by atoms with E-state index in [1.54, 1.807) is 0 Å². The van der Waals surface area contributed by atoms with Crippen LogP contribution in [0.5, 0.6) is 0 Å². The van der Waals surface area contributed by atoms with Gasteiger partial charge in [-0.3, -0.25) is 9.69 Å². The molecule has 6 nitrogen and oxygen atoms in total. The molecule has 1 amide bonds. The van der Waals surface area contributed by atoms with Gasteiger partial charge in [0.05, 0.1) is 6.04 Å². The Morgan fingerprint density at radius 1 is 1.39 bits per heavy atom. The minimum atomic E-state index is -0.136. The first-order valence-corrected chi connectivity index (χ1v) is 8.61. The largest absolute Gasteiger partial charge is 0.374 e. The highest BCUT2D eigenvalue weighted by Gasteiger charge is 2.24. The molecular formula is C16H21N5OS. The molecule has 2 aromatic rings. The third-order valence-electron chi connectivity index (χ3n) is 4.21. The fourth-order valence-electron chi connectivity index (χ4n) is 2.82. The molecule has 0 bridgehead atoms. The summed E-state index contributed by atoms with van der Waals surface area (Å²) in [6.45, 7) is 4.27. The first kappa shape index (κ1) is 15.9. The smallest absolute Gasteiger partial charge is 0.237 e. The van der Waals surface area contributed by atoms with Crippen LogP contribution in [0.2, 0.25) is 0 Å². The SMILES string of the molecule is CC(C(=O)NCCc1nnc(N)s1)N1CCc2ccccc2C1. The number of hydrogen-bond donors (Lipinski definition) is 2. The van der Waals surface area contributed by atoms with Crippen LogP contribution in [-0.4, -0.2) is 40.1 Å². The molecule has 0 spiro atoms. The summed E-state index contributed by atoms with van der Waals surface area (Å²) in [5.74, 6) is 0.0573. The fourth-order valence-corrected chi connectivity index (χ4v) is 3.43. The normalized spacial score (nSPS) is 15.9. The van der Waals surface area contributed by atoms with Crippen LogP contribution in [0.3, 0.4) is 0 Å². The lowest BCUT2D eigenvalue weighted by atomic mass is 9.99. The zero-order valence-electron chi connectivity index (χ0n) is 13.2. The quantitative estimate of drug-likeness (QED) is 0.861. The van der Waals surface area contributed by atoms with Gasteiger partial charge in [-0.15, -0.1) is 10.2 Å². The van der Waals surface area contributed by atoms with Gasteiger partial charge in [-0.05, 0) is 24.5 Å². The zero-order chi connectivity index (χ0) is 16.2. The Labute approximate surface area is 139 Å². The van der Waals surface area contributed by atoms with Gasteiger partial charge in [-0.1, -0.05) is 35.6 Å². The Bertz CT molecular complexity index is 687. The number of nitrogen functional groups attached to an aromatic ring is 1. The van der Waals surface area contributed by atoms with Crippen molar-refractivity contribution in [1.29, 1.82) is 0 Å². The Balaban J connectivity index is 1.50. The molecule has 1 aromatic carbocycles. The van der Waals surface area contributed by atoms with E-state index in [0.717, 1.165) is 24.5 Å². The molecule has 1 aromatic heterocycles. The molecule has 1 atom stereocenters. The maximum Gasteiger partial charge on any atom is 0.237 e. The summed E-state index contributed by atoms with van der Waals surface area (Å²) in [5.41, 5.74) is 8.26. The van der Waals surface area contributed by atoms with E-state index in [1.807, 2.05) is 6.92 Å². The van der Waals surface area contributed by atoms with E-state index in [9.17, 15) is 4.79 Å². The van der Waals surface area contributed by atoms with E-state index < -0.39 is 0 Å². The molecule has 0 saturated heterocycles. The van der Waals surface area contributed by atoms with E-state index in [0.29, 0.717) is 18.1 Å². The molecule has 0 radical (unpaired) electrons. The number of nitrogens with one attached hydrogen (secondary N) is 1. The lowest BCUT2D eigenvalue weighted by Gasteiger charge is -2.32. The molecule has 0 fully saturated rings. The van der Waals surface area contributed by atoms with Gasteiger partial charge in [0, 0.05) is 26.1 Å². The summed E-state index contributed by atoms with van der Waals surface area (Å²) < 4.78 is 0. The first-order chi connectivity index (χ1) is 11.1. The average molecular weight is 331 g/mol. The van der Waals surface area contributed by atoms with Crippen molar-refractivity contribution in [2.24, 2.45) is 0 Å². The van der Waals surface area contributed by atoms with Gasteiger partial charge in [-0.25, -0.2) is 0 Å². The minimum absolute atomic E-state index is 0.0573. The molecule has 1 aliphatic heterocycles. The summed E-state index contributed by atoms with van der Waals surface area (Å²) in [6.07, 6.45) is 1.66. The lowest BCUT2D eigenvalue weighted by molar-refractivity contribution is -0.126. The van der Waals surface area contributed by atoms with E-state index in [-0.39, 0.29) is 11.9 Å². The van der Waals surface area contributed by atoms with Crippen molar-refractivity contribution in [3.8, 4) is 0 Å². The number of amides is 1. The monoisotopic (exact) mass is 331 g/mol. The van der Waals surface area contributed by atoms with Crippen molar-refractivity contribution >= 4 is 22.4 Å². The van der Waals surface area contributed by atoms with Crippen molar-refractivity contribution in [2.45, 2.75) is 32.4 Å². The Morgan fingerprint density at radius 3 is 2.91 bits per heavy atom. The highest BCUT2D eigenvalue weighted by molar-refractivity contribution is 7.15. The third kappa shape index (κ3) is 3.86. The molecule has 3 rings (SSSR count). The Hall–Kier alpha value is -1.99. The number of benzene rings is 1. The van der Waals surface area contributed by atoms with Crippen LogP contribution in [0.25, 0.3) is 0 Å². The van der Waals surface area contributed by atoms with Crippen molar-refractivity contribution < 1.29 is 4.79 Å². The van der Waals surface area contributed by atoms with Crippen molar-refractivity contribution in [1.82, 2.24) is 20.4 Å². The standard InChI is InChI=1S/C16H21N5OS/c1-11(15(22)18-8-6-14-19-20-16(17)23-14)21-9-7-12-4-2-3-5-13(12)10-21/h2-5,11H,6-10H2,1H3,(H2,17,20)(H,18,22). The van der Waals surface area contributed by atoms with Gasteiger partial charge in [0.1, 0.15) is 5.01 Å². The molecule has 7 heteroatoms. The van der Waals surface area contributed by atoms with Crippen LogP contribution < -0.4 is 11.1 Å². The van der Waals surface area contributed by atoms with Crippen LogP contribution in [0, 0.1) is 0 Å². The van der Waals surface area contributed by atoms with Crippen LogP contribution in [0.4, 0.5) is 5.13 Å². The number of hydrogen-bond acceptors (Lipinski definition) is 6. The molecule has 2 heterocycles. The van der Waals surface area contributed by atoms with Gasteiger partial charge in [-0.2, -0.15) is 0 Å². The Kier molecular flexibility index (Phi) is 4.88. The zero-order valence-corrected chi connectivity index (χ0v) is 14.0. The van der Waals surface area contributed by atoms with Gasteiger partial charge in [0.25, 0.3) is 0 Å². The van der Waals surface area contributed by atoms with E-state index in [2.05, 4.69) is 44.7 Å². The minimum Gasteiger partial charge on any atom is -0.374 e. The van der Waals surface area contributed by atoms with E-state index >= 15 is 0 Å². The van der Waals surface area contributed by atoms with Crippen LogP contribution in [0.1, 0.15) is 23.1 Å². The maximum absolute atomic E-state index is 12.3. The molecule has 0 aliphatic carbocycles. The lowest BCUT2D eigenvalue weighted by Crippen LogP contribution is -2.47. The molecular weight excluding hydrogens is 310 g/mol. The molecule has 3 N–H and O–H groups in total. The molecule has 23 heavy (non-hydrogen) atoms. The predicted molar refractivity (Wildman–Crippen MR) is 91.1 cm³/mol. The summed E-state index contributed by atoms with van der Waals surface area (Å²) >= 11 is 1.36. The summed E-state index contributed by atoms with van der Waals surface area (Å²) in [4.78, 5) is 14.6. The van der Waals surface area contributed by atoms with Crippen LogP contribution >= 0.6 is 11.3 Å². The second kappa shape index (κ2) is 7.06. The number of carbonyl (C=O) groups is 1. The van der Waals surface area contributed by atoms with Gasteiger partial charge < -0.3 is 11.1 Å². The third-order valence-corrected chi connectivity index (χ3v) is 5.02. The number of nitrogens with two attached hydrogens (primary N) is 1. The van der Waals surface area contributed by atoms with Crippen molar-refractivity contribution in [3.63, 3.8) is 0 Å². The molecule has 1 unspecified atom stereocenters. The fraction of sp³-hybridized carbons (Fsp3) is 0.438. The maximum atomic E-state index is 12.3. The second-order valence-electron chi connectivity index (χ2n) is 5.74. The van der Waals surface area contributed by atoms with Gasteiger partial charge >= 0.3 is 0 Å². The molecule has 1 aliphatic rings. The number of anilines is 1. The summed E-state index contributed by atoms with van der Waals surface area (Å²) in [7, 11) is 0. The first-order valence-electron chi connectivity index (χ1n) is 7.80. The number of nitrogens with zero attached hydrogens (tertiary/aromatic N) is 3. The van der Waals surface area contributed by atoms with Crippen LogP contribution in [-0.2, 0) is 24.2 Å². The molecule has 0 saturated carbocycles. The molecule has 122 valence electrons. The Morgan fingerprint density at radius 2 is 2.17 bits per heavy atom. The summed E-state index contributed by atoms with van der Waals surface area (Å²) in [6, 6.07) is 8.31. The summed E-state index contributed by atoms with van der Waals surface area (Å²) in [5, 5.41) is 12.0. The second-order valence-corrected chi connectivity index (χ2v) is 6.83. The van der Waals surface area contributed by atoms with Crippen molar-refractivity contribution in [2.75, 3.05) is 18.8 Å². The number of fused-ring (bicyclic) bond motifs is 1. The topological polar surface area (TPSA) is 84.1 Å².